The Hall–Kier alpha value is -4.45. The van der Waals surface area contributed by atoms with Crippen molar-refractivity contribution < 1.29 is 41.0 Å². The van der Waals surface area contributed by atoms with Crippen molar-refractivity contribution in [3.8, 4) is 11.1 Å². The lowest BCUT2D eigenvalue weighted by Gasteiger charge is -2.12. The van der Waals surface area contributed by atoms with Crippen molar-refractivity contribution in [1.82, 2.24) is 4.98 Å². The topological polar surface area (TPSA) is 103 Å². The molecular formula is C26H18F6N3O3-. The summed E-state index contributed by atoms with van der Waals surface area (Å²) >= 11 is 0. The molecule has 1 heterocycles. The first-order chi connectivity index (χ1) is 17.8. The van der Waals surface area contributed by atoms with Crippen LogP contribution in [0.15, 0.2) is 79.0 Å². The molecule has 12 heteroatoms. The molecular weight excluding hydrogens is 516 g/mol. The fourth-order valence-corrected chi connectivity index (χ4v) is 3.29. The molecule has 1 amide bonds. The Morgan fingerprint density at radius 2 is 1.53 bits per heavy atom. The second-order valence-electron chi connectivity index (χ2n) is 7.80. The lowest BCUT2D eigenvalue weighted by atomic mass is 9.98. The molecule has 0 aliphatic carbocycles. The van der Waals surface area contributed by atoms with Crippen molar-refractivity contribution in [2.75, 3.05) is 11.9 Å². The number of hydrogen-bond acceptors (Lipinski definition) is 3. The van der Waals surface area contributed by atoms with Gasteiger partial charge in [-0.2, -0.15) is 26.3 Å². The van der Waals surface area contributed by atoms with E-state index in [1.54, 1.807) is 42.5 Å². The number of halogens is 6. The summed E-state index contributed by atoms with van der Waals surface area (Å²) in [7, 11) is 0. The second kappa shape index (κ2) is 11.3. The number of pyridine rings is 1. The standard InChI is InChI=1S/C24H15F3N2O3.C2H3F3N/c25-24(26,27)17-8-5-14(6-9-17)19-3-1-2-4-20(19)22(30)29-18-10-7-15-11-16(23(31)32)13-28-21(15)12-18;3-2(4,5)1-6/h1-13H,(H,29,30)(H,31,32);6H,1H2/q;-1. The first-order valence-corrected chi connectivity index (χ1v) is 10.7. The molecule has 198 valence electrons. The van der Waals surface area contributed by atoms with Gasteiger partial charge in [0.05, 0.1) is 16.6 Å². The Morgan fingerprint density at radius 3 is 2.11 bits per heavy atom. The van der Waals surface area contributed by atoms with E-state index in [4.69, 9.17) is 10.8 Å². The number of aromatic nitrogens is 1. The number of carbonyl (C=O) groups is 2. The molecule has 0 aliphatic rings. The van der Waals surface area contributed by atoms with E-state index in [-0.39, 0.29) is 5.56 Å². The third kappa shape index (κ3) is 7.29. The molecule has 0 bridgehead atoms. The second-order valence-corrected chi connectivity index (χ2v) is 7.80. The minimum absolute atomic E-state index is 0.0553. The predicted molar refractivity (Wildman–Crippen MR) is 129 cm³/mol. The van der Waals surface area contributed by atoms with E-state index in [2.05, 4.69) is 10.3 Å². The molecule has 0 radical (unpaired) electrons. The molecule has 3 N–H and O–H groups in total. The van der Waals surface area contributed by atoms with Crippen molar-refractivity contribution in [3.63, 3.8) is 0 Å². The van der Waals surface area contributed by atoms with Gasteiger partial charge in [-0.1, -0.05) is 42.9 Å². The number of hydrogen-bond donors (Lipinski definition) is 2. The summed E-state index contributed by atoms with van der Waals surface area (Å²) in [5, 5.41) is 12.4. The first kappa shape index (κ1) is 28.1. The molecule has 0 aliphatic heterocycles. The van der Waals surface area contributed by atoms with Gasteiger partial charge >= 0.3 is 18.3 Å². The molecule has 0 fully saturated rings. The van der Waals surface area contributed by atoms with Gasteiger partial charge in [-0.25, -0.2) is 4.79 Å². The summed E-state index contributed by atoms with van der Waals surface area (Å²) in [5.41, 5.74) is 7.23. The molecule has 38 heavy (non-hydrogen) atoms. The SMILES string of the molecule is O=C(O)c1cnc2cc(NC(=O)c3ccccc3-c3ccc(C(F)(F)F)cc3)ccc2c1.[NH-]CC(F)(F)F. The number of anilines is 1. The molecule has 4 aromatic rings. The lowest BCUT2D eigenvalue weighted by Crippen LogP contribution is -2.13. The average Bonchev–Trinajstić information content (AvgIpc) is 2.88. The maximum atomic E-state index is 12.9. The molecule has 0 spiro atoms. The highest BCUT2D eigenvalue weighted by Crippen LogP contribution is 2.32. The van der Waals surface area contributed by atoms with Crippen LogP contribution in [0.4, 0.5) is 32.0 Å². The molecule has 0 unspecified atom stereocenters. The van der Waals surface area contributed by atoms with E-state index in [9.17, 15) is 35.9 Å². The van der Waals surface area contributed by atoms with Gasteiger partial charge in [-0.3, -0.25) is 9.78 Å². The summed E-state index contributed by atoms with van der Waals surface area (Å²) < 4.78 is 70.3. The van der Waals surface area contributed by atoms with Crippen LogP contribution < -0.4 is 5.32 Å². The van der Waals surface area contributed by atoms with Crippen LogP contribution in [0.5, 0.6) is 0 Å². The van der Waals surface area contributed by atoms with E-state index in [0.717, 1.165) is 12.1 Å². The third-order valence-corrected chi connectivity index (χ3v) is 5.08. The summed E-state index contributed by atoms with van der Waals surface area (Å²) in [6, 6.07) is 17.6. The van der Waals surface area contributed by atoms with E-state index < -0.39 is 36.3 Å². The highest BCUT2D eigenvalue weighted by molar-refractivity contribution is 6.09. The van der Waals surface area contributed by atoms with Crippen molar-refractivity contribution >= 4 is 28.5 Å². The Kier molecular flexibility index (Phi) is 8.36. The van der Waals surface area contributed by atoms with Gasteiger partial charge in [-0.15, -0.1) is 0 Å². The fourth-order valence-electron chi connectivity index (χ4n) is 3.29. The molecule has 1 aromatic heterocycles. The quantitative estimate of drug-likeness (QED) is 0.265. The zero-order valence-corrected chi connectivity index (χ0v) is 19.2. The normalized spacial score (nSPS) is 11.4. The van der Waals surface area contributed by atoms with Crippen molar-refractivity contribution in [1.29, 1.82) is 0 Å². The van der Waals surface area contributed by atoms with Gasteiger partial charge in [0, 0.05) is 22.8 Å². The van der Waals surface area contributed by atoms with Gasteiger partial charge in [0.2, 0.25) is 0 Å². The predicted octanol–water partition coefficient (Wildman–Crippen LogP) is 7.47. The smallest absolute Gasteiger partial charge is 0.416 e. The highest BCUT2D eigenvalue weighted by Gasteiger charge is 2.30. The van der Waals surface area contributed by atoms with Crippen molar-refractivity contribution in [3.05, 3.63) is 101 Å². The number of rotatable bonds is 4. The van der Waals surface area contributed by atoms with Gasteiger partial charge in [0.1, 0.15) is 0 Å². The van der Waals surface area contributed by atoms with Crippen LogP contribution in [0.25, 0.3) is 27.8 Å². The lowest BCUT2D eigenvalue weighted by molar-refractivity contribution is -0.137. The number of nitrogens with zero attached hydrogens (tertiary/aromatic N) is 1. The van der Waals surface area contributed by atoms with Gasteiger partial charge in [0.15, 0.2) is 0 Å². The molecule has 6 nitrogen and oxygen atoms in total. The maximum absolute atomic E-state index is 12.9. The van der Waals surface area contributed by atoms with Crippen LogP contribution in [0.3, 0.4) is 0 Å². The number of benzene rings is 3. The fraction of sp³-hybridized carbons (Fsp3) is 0.115. The van der Waals surface area contributed by atoms with E-state index in [1.165, 1.54) is 24.4 Å². The number of carboxylic acids is 1. The van der Waals surface area contributed by atoms with Crippen LogP contribution >= 0.6 is 0 Å². The molecule has 0 saturated carbocycles. The van der Waals surface area contributed by atoms with E-state index in [1.807, 2.05) is 0 Å². The van der Waals surface area contributed by atoms with E-state index >= 15 is 0 Å². The number of aromatic carboxylic acids is 1. The van der Waals surface area contributed by atoms with Crippen LogP contribution in [-0.4, -0.2) is 34.7 Å². The van der Waals surface area contributed by atoms with E-state index in [0.29, 0.717) is 33.3 Å². The third-order valence-electron chi connectivity index (χ3n) is 5.08. The first-order valence-electron chi connectivity index (χ1n) is 10.7. The Bertz CT molecular complexity index is 1450. The largest absolute Gasteiger partial charge is 0.670 e. The van der Waals surface area contributed by atoms with Gasteiger partial charge < -0.3 is 16.2 Å². The Morgan fingerprint density at radius 1 is 0.895 bits per heavy atom. The molecule has 4 rings (SSSR count). The summed E-state index contributed by atoms with van der Waals surface area (Å²) in [4.78, 5) is 28.1. The van der Waals surface area contributed by atoms with Crippen LogP contribution in [0.2, 0.25) is 0 Å². The number of fused-ring (bicyclic) bond motifs is 1. The van der Waals surface area contributed by atoms with Gasteiger partial charge in [-0.05, 0) is 47.5 Å². The molecule has 3 aromatic carbocycles. The summed E-state index contributed by atoms with van der Waals surface area (Å²) in [5.74, 6) is -1.53. The molecule has 0 atom stereocenters. The number of carbonyl (C=O) groups excluding carboxylic acids is 1. The van der Waals surface area contributed by atoms with Crippen molar-refractivity contribution in [2.45, 2.75) is 12.4 Å². The molecule has 0 saturated heterocycles. The zero-order valence-electron chi connectivity index (χ0n) is 19.2. The minimum Gasteiger partial charge on any atom is -0.670 e. The number of alkyl halides is 6. The van der Waals surface area contributed by atoms with Crippen LogP contribution in [0.1, 0.15) is 26.3 Å². The monoisotopic (exact) mass is 534 g/mol. The Labute approximate surface area is 211 Å². The minimum atomic E-state index is -4.44. The zero-order chi connectivity index (χ0) is 28.1. The summed E-state index contributed by atoms with van der Waals surface area (Å²) in [6.45, 7) is -1.48. The number of nitrogens with one attached hydrogen (secondary N) is 2. The summed E-state index contributed by atoms with van der Waals surface area (Å²) in [6.07, 6.45) is -7.50. The highest BCUT2D eigenvalue weighted by atomic mass is 19.4. The van der Waals surface area contributed by atoms with Gasteiger partial charge in [0.25, 0.3) is 5.91 Å². The number of amides is 1. The van der Waals surface area contributed by atoms with Crippen LogP contribution in [0, 0.1) is 0 Å². The van der Waals surface area contributed by atoms with Crippen LogP contribution in [-0.2, 0) is 6.18 Å². The maximum Gasteiger partial charge on any atom is 0.416 e. The average molecular weight is 534 g/mol. The number of carboxylic acid groups (broad SMARTS) is 1. The van der Waals surface area contributed by atoms with Crippen molar-refractivity contribution in [2.24, 2.45) is 0 Å². The Balaban J connectivity index is 0.000000599.